The van der Waals surface area contributed by atoms with E-state index in [4.69, 9.17) is 4.52 Å². The van der Waals surface area contributed by atoms with Crippen LogP contribution in [0.25, 0.3) is 6.08 Å². The van der Waals surface area contributed by atoms with Gasteiger partial charge in [-0.15, -0.1) is 0 Å². The Labute approximate surface area is 133 Å². The smallest absolute Gasteiger partial charge is 0.246 e. The number of amides is 1. The maximum Gasteiger partial charge on any atom is 0.246 e. The fraction of sp³-hybridized carbons (Fsp3) is 0.353. The highest BCUT2D eigenvalue weighted by molar-refractivity contribution is 5.91. The molecule has 0 spiro atoms. The van der Waals surface area contributed by atoms with Crippen molar-refractivity contribution in [3.05, 3.63) is 53.4 Å². The zero-order valence-electron chi connectivity index (χ0n) is 12.9. The van der Waals surface area contributed by atoms with E-state index in [9.17, 15) is 9.18 Å². The zero-order chi connectivity index (χ0) is 16.2. The fourth-order valence-electron chi connectivity index (χ4n) is 2.70. The molecular weight excluding hydrogens is 297 g/mol. The lowest BCUT2D eigenvalue weighted by atomic mass is 9.98. The van der Waals surface area contributed by atoms with Gasteiger partial charge in [0, 0.05) is 19.2 Å². The number of carbonyl (C=O) groups excluding carboxylic acids is 1. The van der Waals surface area contributed by atoms with Crippen LogP contribution in [0.5, 0.6) is 0 Å². The summed E-state index contributed by atoms with van der Waals surface area (Å²) in [5.41, 5.74) is 0.792. The van der Waals surface area contributed by atoms with Gasteiger partial charge in [-0.1, -0.05) is 17.3 Å². The molecule has 5 nitrogen and oxygen atoms in total. The molecule has 0 unspecified atom stereocenters. The van der Waals surface area contributed by atoms with Crippen molar-refractivity contribution in [2.24, 2.45) is 0 Å². The number of aryl methyl sites for hydroxylation is 1. The first-order chi connectivity index (χ1) is 11.1. The van der Waals surface area contributed by atoms with Crippen LogP contribution >= 0.6 is 0 Å². The predicted molar refractivity (Wildman–Crippen MR) is 83.0 cm³/mol. The Morgan fingerprint density at radius 3 is 2.87 bits per heavy atom. The highest BCUT2D eigenvalue weighted by Gasteiger charge is 2.27. The van der Waals surface area contributed by atoms with Crippen LogP contribution in [0.2, 0.25) is 0 Å². The van der Waals surface area contributed by atoms with Crippen LogP contribution in [0.15, 0.2) is 34.9 Å². The Kier molecular flexibility index (Phi) is 4.50. The molecule has 1 fully saturated rings. The lowest BCUT2D eigenvalue weighted by Crippen LogP contribution is -2.38. The number of hydrogen-bond donors (Lipinski definition) is 0. The summed E-state index contributed by atoms with van der Waals surface area (Å²) < 4.78 is 18.1. The van der Waals surface area contributed by atoms with Crippen LogP contribution in [-0.2, 0) is 4.79 Å². The number of carbonyl (C=O) groups is 1. The molecule has 2 heterocycles. The second-order valence-corrected chi connectivity index (χ2v) is 5.69. The molecule has 1 saturated heterocycles. The Hall–Kier alpha value is -2.50. The van der Waals surface area contributed by atoms with Gasteiger partial charge in [-0.2, -0.15) is 4.98 Å². The normalized spacial score (nSPS) is 18.5. The van der Waals surface area contributed by atoms with Crippen LogP contribution in [0.3, 0.4) is 0 Å². The average Bonchev–Trinajstić information content (AvgIpc) is 3.01. The van der Waals surface area contributed by atoms with Crippen LogP contribution in [0.1, 0.15) is 36.0 Å². The third kappa shape index (κ3) is 3.83. The number of rotatable bonds is 3. The Balaban J connectivity index is 1.63. The van der Waals surface area contributed by atoms with Gasteiger partial charge < -0.3 is 9.42 Å². The number of likely N-dealkylation sites (tertiary alicyclic amines) is 1. The number of aromatic nitrogens is 2. The molecule has 1 amide bonds. The summed E-state index contributed by atoms with van der Waals surface area (Å²) in [6.07, 6.45) is 5.06. The van der Waals surface area contributed by atoms with E-state index >= 15 is 0 Å². The summed E-state index contributed by atoms with van der Waals surface area (Å²) in [5.74, 6) is 0.952. The van der Waals surface area contributed by atoms with Crippen molar-refractivity contribution in [2.45, 2.75) is 25.7 Å². The first-order valence-corrected chi connectivity index (χ1v) is 7.64. The number of piperidine rings is 1. The molecule has 0 saturated carbocycles. The summed E-state index contributed by atoms with van der Waals surface area (Å²) in [5, 5.41) is 3.81. The molecule has 23 heavy (non-hydrogen) atoms. The molecule has 0 aliphatic carbocycles. The van der Waals surface area contributed by atoms with Crippen molar-refractivity contribution >= 4 is 12.0 Å². The van der Waals surface area contributed by atoms with Gasteiger partial charge in [0.25, 0.3) is 0 Å². The molecule has 6 heteroatoms. The van der Waals surface area contributed by atoms with E-state index in [0.29, 0.717) is 18.3 Å². The second-order valence-electron chi connectivity index (χ2n) is 5.69. The van der Waals surface area contributed by atoms with Crippen molar-refractivity contribution in [2.75, 3.05) is 13.1 Å². The third-order valence-electron chi connectivity index (χ3n) is 3.91. The number of halogens is 1. The van der Waals surface area contributed by atoms with Crippen molar-refractivity contribution in [1.29, 1.82) is 0 Å². The summed E-state index contributed by atoms with van der Waals surface area (Å²) in [6, 6.07) is 6.02. The number of nitrogens with zero attached hydrogens (tertiary/aromatic N) is 3. The quantitative estimate of drug-likeness (QED) is 0.817. The Bertz CT molecular complexity index is 709. The molecule has 3 rings (SSSR count). The van der Waals surface area contributed by atoms with Crippen LogP contribution < -0.4 is 0 Å². The standard InChI is InChI=1S/C17H18FN3O2/c1-12-19-17(23-20-12)14-3-2-10-21(11-14)16(22)9-6-13-4-7-15(18)8-5-13/h4-9,14H,2-3,10-11H2,1H3/b9-6+/t14-/m0/s1. The van der Waals surface area contributed by atoms with E-state index in [1.54, 1.807) is 30.0 Å². The zero-order valence-corrected chi connectivity index (χ0v) is 12.9. The topological polar surface area (TPSA) is 59.2 Å². The van der Waals surface area contributed by atoms with E-state index in [-0.39, 0.29) is 17.6 Å². The van der Waals surface area contributed by atoms with Gasteiger partial charge in [0.05, 0.1) is 5.92 Å². The van der Waals surface area contributed by atoms with E-state index in [2.05, 4.69) is 10.1 Å². The molecule has 120 valence electrons. The molecule has 1 aromatic carbocycles. The highest BCUT2D eigenvalue weighted by atomic mass is 19.1. The molecule has 0 bridgehead atoms. The molecule has 1 aliphatic heterocycles. The number of hydrogen-bond acceptors (Lipinski definition) is 4. The molecule has 0 N–H and O–H groups in total. The Morgan fingerprint density at radius 1 is 1.39 bits per heavy atom. The van der Waals surface area contributed by atoms with Crippen molar-refractivity contribution in [3.63, 3.8) is 0 Å². The van der Waals surface area contributed by atoms with Gasteiger partial charge in [-0.25, -0.2) is 4.39 Å². The maximum atomic E-state index is 12.9. The summed E-state index contributed by atoms with van der Waals surface area (Å²) in [6.45, 7) is 3.08. The minimum atomic E-state index is -0.290. The second kappa shape index (κ2) is 6.73. The van der Waals surface area contributed by atoms with Crippen molar-refractivity contribution < 1.29 is 13.7 Å². The summed E-state index contributed by atoms with van der Waals surface area (Å²) in [7, 11) is 0. The first-order valence-electron chi connectivity index (χ1n) is 7.64. The SMILES string of the molecule is Cc1noc([C@H]2CCCN(C(=O)/C=C/c3ccc(F)cc3)C2)n1. The molecular formula is C17H18FN3O2. The average molecular weight is 315 g/mol. The van der Waals surface area contributed by atoms with Gasteiger partial charge in [-0.3, -0.25) is 4.79 Å². The van der Waals surface area contributed by atoms with Crippen LogP contribution in [0.4, 0.5) is 4.39 Å². The fourth-order valence-corrected chi connectivity index (χ4v) is 2.70. The Morgan fingerprint density at radius 2 is 2.17 bits per heavy atom. The molecule has 1 atom stereocenters. The van der Waals surface area contributed by atoms with Gasteiger partial charge in [0.15, 0.2) is 5.82 Å². The minimum absolute atomic E-state index is 0.0599. The van der Waals surface area contributed by atoms with Gasteiger partial charge >= 0.3 is 0 Å². The number of benzene rings is 1. The van der Waals surface area contributed by atoms with E-state index in [1.807, 2.05) is 0 Å². The largest absolute Gasteiger partial charge is 0.339 e. The van der Waals surface area contributed by atoms with Crippen LogP contribution in [-0.4, -0.2) is 34.0 Å². The molecule has 1 aromatic heterocycles. The van der Waals surface area contributed by atoms with E-state index in [0.717, 1.165) is 24.9 Å². The van der Waals surface area contributed by atoms with Crippen LogP contribution in [0, 0.1) is 12.7 Å². The molecule has 1 aliphatic rings. The monoisotopic (exact) mass is 315 g/mol. The van der Waals surface area contributed by atoms with Crippen molar-refractivity contribution in [1.82, 2.24) is 15.0 Å². The maximum absolute atomic E-state index is 12.9. The molecule has 0 radical (unpaired) electrons. The third-order valence-corrected chi connectivity index (χ3v) is 3.91. The minimum Gasteiger partial charge on any atom is -0.339 e. The van der Waals surface area contributed by atoms with E-state index < -0.39 is 0 Å². The predicted octanol–water partition coefficient (Wildman–Crippen LogP) is 2.94. The highest BCUT2D eigenvalue weighted by Crippen LogP contribution is 2.25. The first kappa shape index (κ1) is 15.4. The van der Waals surface area contributed by atoms with Gasteiger partial charge in [-0.05, 0) is 43.5 Å². The van der Waals surface area contributed by atoms with Crippen molar-refractivity contribution in [3.8, 4) is 0 Å². The summed E-state index contributed by atoms with van der Waals surface area (Å²) in [4.78, 5) is 18.4. The molecule has 2 aromatic rings. The van der Waals surface area contributed by atoms with Gasteiger partial charge in [0.2, 0.25) is 11.8 Å². The summed E-state index contributed by atoms with van der Waals surface area (Å²) >= 11 is 0. The van der Waals surface area contributed by atoms with E-state index in [1.165, 1.54) is 18.2 Å². The van der Waals surface area contributed by atoms with Gasteiger partial charge in [0.1, 0.15) is 5.82 Å². The lowest BCUT2D eigenvalue weighted by Gasteiger charge is -2.30. The lowest BCUT2D eigenvalue weighted by molar-refractivity contribution is -0.127.